The number of carbonyl (C=O) groups excluding carboxylic acids is 2. The second-order valence-electron chi connectivity index (χ2n) is 6.19. The van der Waals surface area contributed by atoms with Gasteiger partial charge in [0.1, 0.15) is 6.54 Å². The number of aryl methyl sites for hydroxylation is 1. The Kier molecular flexibility index (Phi) is 5.46. The van der Waals surface area contributed by atoms with Crippen molar-refractivity contribution in [2.45, 2.75) is 6.54 Å². The maximum atomic E-state index is 12.5. The first-order chi connectivity index (χ1) is 12.9. The van der Waals surface area contributed by atoms with Gasteiger partial charge in [-0.1, -0.05) is 24.3 Å². The molecule has 1 N–H and O–H groups in total. The van der Waals surface area contributed by atoms with Gasteiger partial charge in [-0.2, -0.15) is 0 Å². The van der Waals surface area contributed by atoms with Crippen molar-refractivity contribution in [3.05, 3.63) is 63.5 Å². The summed E-state index contributed by atoms with van der Waals surface area (Å²) >= 11 is 3.36. The molecule has 2 amide bonds. The van der Waals surface area contributed by atoms with Gasteiger partial charge >= 0.3 is 5.69 Å². The molecule has 7 nitrogen and oxygen atoms in total. The van der Waals surface area contributed by atoms with Crippen molar-refractivity contribution in [2.24, 2.45) is 7.05 Å². The zero-order valence-corrected chi connectivity index (χ0v) is 16.6. The van der Waals surface area contributed by atoms with Crippen LogP contribution in [0.1, 0.15) is 0 Å². The Morgan fingerprint density at radius 1 is 1.07 bits per heavy atom. The highest BCUT2D eigenvalue weighted by molar-refractivity contribution is 9.10. The Morgan fingerprint density at radius 3 is 2.41 bits per heavy atom. The Labute approximate surface area is 164 Å². The van der Waals surface area contributed by atoms with Crippen LogP contribution in [-0.4, -0.2) is 39.4 Å². The second-order valence-corrected chi connectivity index (χ2v) is 7.05. The second kappa shape index (κ2) is 7.79. The van der Waals surface area contributed by atoms with E-state index >= 15 is 0 Å². The molecule has 0 spiro atoms. The van der Waals surface area contributed by atoms with Crippen LogP contribution in [0.15, 0.2) is 57.8 Å². The number of anilines is 1. The molecule has 0 saturated carbocycles. The number of likely N-dealkylation sites (N-methyl/N-ethyl adjacent to an activating group) is 1. The van der Waals surface area contributed by atoms with E-state index in [-0.39, 0.29) is 30.6 Å². The first-order valence-corrected chi connectivity index (χ1v) is 9.10. The van der Waals surface area contributed by atoms with E-state index in [4.69, 9.17) is 0 Å². The van der Waals surface area contributed by atoms with Crippen LogP contribution in [0, 0.1) is 0 Å². The van der Waals surface area contributed by atoms with Gasteiger partial charge in [0.2, 0.25) is 11.8 Å². The maximum absolute atomic E-state index is 12.5. The number of fused-ring (bicyclic) bond motifs is 1. The predicted molar refractivity (Wildman–Crippen MR) is 108 cm³/mol. The zero-order valence-electron chi connectivity index (χ0n) is 15.0. The zero-order chi connectivity index (χ0) is 19.6. The van der Waals surface area contributed by atoms with Crippen LogP contribution < -0.4 is 11.0 Å². The highest BCUT2D eigenvalue weighted by atomic mass is 79.9. The van der Waals surface area contributed by atoms with Crippen molar-refractivity contribution in [3.63, 3.8) is 0 Å². The lowest BCUT2D eigenvalue weighted by Gasteiger charge is -2.17. The van der Waals surface area contributed by atoms with Gasteiger partial charge in [-0.3, -0.25) is 18.7 Å². The molecule has 3 aromatic rings. The van der Waals surface area contributed by atoms with Crippen LogP contribution in [0.2, 0.25) is 0 Å². The number of aromatic nitrogens is 2. The summed E-state index contributed by atoms with van der Waals surface area (Å²) < 4.78 is 3.68. The smallest absolute Gasteiger partial charge is 0.329 e. The van der Waals surface area contributed by atoms with Gasteiger partial charge in [0.05, 0.1) is 23.3 Å². The van der Waals surface area contributed by atoms with Crippen LogP contribution in [0.5, 0.6) is 0 Å². The number of hydrogen-bond donors (Lipinski definition) is 1. The highest BCUT2D eigenvalue weighted by Gasteiger charge is 2.18. The van der Waals surface area contributed by atoms with Crippen LogP contribution in [0.4, 0.5) is 5.69 Å². The number of nitrogens with zero attached hydrogens (tertiary/aromatic N) is 3. The van der Waals surface area contributed by atoms with E-state index in [1.807, 2.05) is 36.4 Å². The van der Waals surface area contributed by atoms with Gasteiger partial charge in [0.25, 0.3) is 0 Å². The minimum absolute atomic E-state index is 0.111. The number of halogens is 1. The number of carbonyl (C=O) groups is 2. The fourth-order valence-electron chi connectivity index (χ4n) is 2.83. The molecule has 3 rings (SSSR count). The number of nitrogens with one attached hydrogen (secondary N) is 1. The third-order valence-electron chi connectivity index (χ3n) is 4.30. The molecule has 0 aliphatic heterocycles. The number of benzene rings is 2. The largest absolute Gasteiger partial charge is 0.335 e. The van der Waals surface area contributed by atoms with Gasteiger partial charge in [0.15, 0.2) is 0 Å². The lowest BCUT2D eigenvalue weighted by Crippen LogP contribution is -2.38. The quantitative estimate of drug-likeness (QED) is 0.673. The van der Waals surface area contributed by atoms with Gasteiger partial charge < -0.3 is 10.2 Å². The highest BCUT2D eigenvalue weighted by Crippen LogP contribution is 2.21. The number of rotatable bonds is 5. The van der Waals surface area contributed by atoms with Gasteiger partial charge in [-0.25, -0.2) is 4.79 Å². The topological polar surface area (TPSA) is 76.3 Å². The molecule has 8 heteroatoms. The summed E-state index contributed by atoms with van der Waals surface area (Å²) in [6.45, 7) is -0.237. The number of para-hydroxylation sites is 3. The first-order valence-electron chi connectivity index (χ1n) is 8.31. The summed E-state index contributed by atoms with van der Waals surface area (Å²) in [5.41, 5.74) is 1.80. The van der Waals surface area contributed by atoms with E-state index in [0.717, 1.165) is 9.99 Å². The minimum Gasteiger partial charge on any atom is -0.335 e. The third kappa shape index (κ3) is 3.95. The van der Waals surface area contributed by atoms with Crippen LogP contribution in [0.3, 0.4) is 0 Å². The lowest BCUT2D eigenvalue weighted by atomic mass is 10.3. The predicted octanol–water partition coefficient (Wildman–Crippen LogP) is 2.20. The molecule has 1 heterocycles. The molecule has 0 saturated heterocycles. The van der Waals surface area contributed by atoms with Gasteiger partial charge in [-0.05, 0) is 40.2 Å². The number of amides is 2. The van der Waals surface area contributed by atoms with Crippen LogP contribution >= 0.6 is 15.9 Å². The SMILES string of the molecule is CN(CC(=O)Nc1ccccc1Br)C(=O)Cn1c(=O)n(C)c2ccccc21. The monoisotopic (exact) mass is 430 g/mol. The summed E-state index contributed by atoms with van der Waals surface area (Å²) in [7, 11) is 3.21. The maximum Gasteiger partial charge on any atom is 0.329 e. The van der Waals surface area contributed by atoms with E-state index in [1.54, 1.807) is 19.2 Å². The van der Waals surface area contributed by atoms with Crippen molar-refractivity contribution < 1.29 is 9.59 Å². The third-order valence-corrected chi connectivity index (χ3v) is 4.99. The molecule has 0 fully saturated rings. The molecule has 27 heavy (non-hydrogen) atoms. The Balaban J connectivity index is 1.70. The summed E-state index contributed by atoms with van der Waals surface area (Å²) in [4.78, 5) is 38.5. The van der Waals surface area contributed by atoms with Crippen molar-refractivity contribution in [3.8, 4) is 0 Å². The standard InChI is InChI=1S/C19H19BrN4O3/c1-22(11-17(25)21-14-8-4-3-7-13(14)20)18(26)12-24-16-10-6-5-9-15(16)23(2)19(24)27/h3-10H,11-12H2,1-2H3,(H,21,25). The average molecular weight is 431 g/mol. The van der Waals surface area contributed by atoms with Gasteiger partial charge in [0, 0.05) is 18.6 Å². The normalized spacial score (nSPS) is 10.8. The fraction of sp³-hybridized carbons (Fsp3) is 0.211. The summed E-state index contributed by atoms with van der Waals surface area (Å²) in [5, 5.41) is 2.75. The molecular weight excluding hydrogens is 412 g/mol. The molecule has 1 aromatic heterocycles. The molecule has 0 bridgehead atoms. The molecule has 0 aliphatic rings. The van der Waals surface area contributed by atoms with Crippen molar-refractivity contribution >= 4 is 44.5 Å². The molecule has 0 aliphatic carbocycles. The van der Waals surface area contributed by atoms with E-state index in [2.05, 4.69) is 21.2 Å². The van der Waals surface area contributed by atoms with Crippen molar-refractivity contribution in [2.75, 3.05) is 18.9 Å². The van der Waals surface area contributed by atoms with E-state index < -0.39 is 0 Å². The molecule has 0 unspecified atom stereocenters. The minimum atomic E-state index is -0.323. The van der Waals surface area contributed by atoms with E-state index in [9.17, 15) is 14.4 Å². The molecule has 0 radical (unpaired) electrons. The van der Waals surface area contributed by atoms with E-state index in [1.165, 1.54) is 21.1 Å². The van der Waals surface area contributed by atoms with Gasteiger partial charge in [-0.15, -0.1) is 0 Å². The molecular formula is C19H19BrN4O3. The van der Waals surface area contributed by atoms with Crippen LogP contribution in [-0.2, 0) is 23.2 Å². The Hall–Kier alpha value is -2.87. The Bertz CT molecular complexity index is 1070. The molecule has 2 aromatic carbocycles. The fourth-order valence-corrected chi connectivity index (χ4v) is 3.21. The average Bonchev–Trinajstić information content (AvgIpc) is 2.89. The van der Waals surface area contributed by atoms with E-state index in [0.29, 0.717) is 11.2 Å². The number of hydrogen-bond acceptors (Lipinski definition) is 3. The molecule has 0 atom stereocenters. The van der Waals surface area contributed by atoms with Crippen molar-refractivity contribution in [1.82, 2.24) is 14.0 Å². The lowest BCUT2D eigenvalue weighted by molar-refractivity contribution is -0.133. The molecule has 140 valence electrons. The van der Waals surface area contributed by atoms with Crippen LogP contribution in [0.25, 0.3) is 11.0 Å². The summed E-state index contributed by atoms with van der Waals surface area (Å²) in [6.07, 6.45) is 0. The number of imidazole rings is 1. The van der Waals surface area contributed by atoms with Crippen molar-refractivity contribution in [1.29, 1.82) is 0 Å². The summed E-state index contributed by atoms with van der Waals surface area (Å²) in [6, 6.07) is 14.5. The first kappa shape index (κ1) is 18.9. The Morgan fingerprint density at radius 2 is 1.70 bits per heavy atom. The summed E-state index contributed by atoms with van der Waals surface area (Å²) in [5.74, 6) is -0.640.